The lowest BCUT2D eigenvalue weighted by molar-refractivity contribution is -0.121. The zero-order valence-electron chi connectivity index (χ0n) is 15.6. The van der Waals surface area contributed by atoms with Crippen LogP contribution in [0.5, 0.6) is 0 Å². The first-order valence-electron chi connectivity index (χ1n) is 9.28. The van der Waals surface area contributed by atoms with Gasteiger partial charge in [-0.3, -0.25) is 9.78 Å². The quantitative estimate of drug-likeness (QED) is 0.701. The van der Waals surface area contributed by atoms with Crippen LogP contribution in [0.1, 0.15) is 12.8 Å². The Bertz CT molecular complexity index is 969. The van der Waals surface area contributed by atoms with Crippen molar-refractivity contribution in [1.29, 1.82) is 0 Å². The van der Waals surface area contributed by atoms with Crippen molar-refractivity contribution in [1.82, 2.24) is 29.6 Å². The minimum absolute atomic E-state index is 0.0983. The number of hydrogen-bond donors (Lipinski definition) is 2. The Labute approximate surface area is 167 Å². The topological polar surface area (TPSA) is 118 Å². The largest absolute Gasteiger partial charge is 0.324 e. The van der Waals surface area contributed by atoms with Gasteiger partial charge in [0.05, 0.1) is 11.9 Å². The fraction of sp³-hybridized carbons (Fsp3) is 0.263. The maximum absolute atomic E-state index is 12.7. The summed E-state index contributed by atoms with van der Waals surface area (Å²) in [4.78, 5) is 39.1. The highest BCUT2D eigenvalue weighted by Crippen LogP contribution is 2.21. The number of piperidine rings is 1. The molecule has 3 aromatic heterocycles. The lowest BCUT2D eigenvalue weighted by Gasteiger charge is -2.31. The molecule has 0 radical (unpaired) electrons. The number of amides is 3. The molecule has 4 rings (SSSR count). The Morgan fingerprint density at radius 2 is 1.86 bits per heavy atom. The molecule has 1 fully saturated rings. The zero-order chi connectivity index (χ0) is 20.1. The molecule has 0 saturated carbocycles. The van der Waals surface area contributed by atoms with E-state index in [0.29, 0.717) is 43.3 Å². The van der Waals surface area contributed by atoms with Gasteiger partial charge in [-0.1, -0.05) is 0 Å². The second-order valence-electron chi connectivity index (χ2n) is 6.60. The molecule has 1 aliphatic rings. The molecule has 0 bridgehead atoms. The normalized spacial score (nSPS) is 14.4. The summed E-state index contributed by atoms with van der Waals surface area (Å²) >= 11 is 0. The highest BCUT2D eigenvalue weighted by molar-refractivity contribution is 5.93. The van der Waals surface area contributed by atoms with Gasteiger partial charge in [-0.15, -0.1) is 0 Å². The number of pyridine rings is 1. The lowest BCUT2D eigenvalue weighted by atomic mass is 9.96. The number of nitrogens with zero attached hydrogens (tertiary/aromatic N) is 6. The van der Waals surface area contributed by atoms with Crippen molar-refractivity contribution in [3.05, 3.63) is 55.4 Å². The Morgan fingerprint density at radius 1 is 1.00 bits per heavy atom. The summed E-state index contributed by atoms with van der Waals surface area (Å²) < 4.78 is 1.60. The summed E-state index contributed by atoms with van der Waals surface area (Å²) in [6.07, 6.45) is 10.8. The predicted molar refractivity (Wildman–Crippen MR) is 105 cm³/mol. The van der Waals surface area contributed by atoms with Gasteiger partial charge in [0.2, 0.25) is 5.91 Å². The fourth-order valence-corrected chi connectivity index (χ4v) is 3.20. The van der Waals surface area contributed by atoms with Crippen molar-refractivity contribution >= 4 is 23.4 Å². The Kier molecular flexibility index (Phi) is 5.41. The molecule has 29 heavy (non-hydrogen) atoms. The minimum atomic E-state index is -0.223. The smallest absolute Gasteiger partial charge is 0.321 e. The van der Waals surface area contributed by atoms with Crippen molar-refractivity contribution in [2.75, 3.05) is 23.7 Å². The van der Waals surface area contributed by atoms with Crippen LogP contribution >= 0.6 is 0 Å². The SMILES string of the molecule is O=C(Nc1cnccn1)C1CCN(C(=O)Nc2cccnc2-n2cccn2)CC1. The highest BCUT2D eigenvalue weighted by atomic mass is 16.2. The van der Waals surface area contributed by atoms with Crippen LogP contribution in [0.2, 0.25) is 0 Å². The van der Waals surface area contributed by atoms with Crippen LogP contribution in [-0.2, 0) is 4.79 Å². The van der Waals surface area contributed by atoms with Crippen LogP contribution in [0.4, 0.5) is 16.3 Å². The molecule has 148 valence electrons. The Morgan fingerprint density at radius 3 is 2.59 bits per heavy atom. The van der Waals surface area contributed by atoms with Crippen LogP contribution < -0.4 is 10.6 Å². The molecule has 0 unspecified atom stereocenters. The molecular formula is C19H20N8O2. The number of carbonyl (C=O) groups excluding carboxylic acids is 2. The second-order valence-corrected chi connectivity index (χ2v) is 6.60. The maximum atomic E-state index is 12.7. The first kappa shape index (κ1) is 18.5. The molecule has 1 saturated heterocycles. The summed E-state index contributed by atoms with van der Waals surface area (Å²) in [6.45, 7) is 0.976. The monoisotopic (exact) mass is 392 g/mol. The molecule has 4 heterocycles. The molecule has 2 N–H and O–H groups in total. The summed E-state index contributed by atoms with van der Waals surface area (Å²) in [5, 5.41) is 9.83. The molecule has 0 aliphatic carbocycles. The number of hydrogen-bond acceptors (Lipinski definition) is 6. The maximum Gasteiger partial charge on any atom is 0.321 e. The van der Waals surface area contributed by atoms with E-state index < -0.39 is 0 Å². The van der Waals surface area contributed by atoms with E-state index in [0.717, 1.165) is 0 Å². The molecule has 3 aromatic rings. The third-order valence-corrected chi connectivity index (χ3v) is 4.72. The van der Waals surface area contributed by atoms with Crippen LogP contribution in [0, 0.1) is 5.92 Å². The van der Waals surface area contributed by atoms with Gasteiger partial charge in [-0.2, -0.15) is 5.10 Å². The predicted octanol–water partition coefficient (Wildman–Crippen LogP) is 1.94. The van der Waals surface area contributed by atoms with Gasteiger partial charge in [0, 0.05) is 50.0 Å². The summed E-state index contributed by atoms with van der Waals surface area (Å²) in [5.41, 5.74) is 0.573. The van der Waals surface area contributed by atoms with E-state index in [2.05, 4.69) is 30.7 Å². The molecule has 10 nitrogen and oxygen atoms in total. The van der Waals surface area contributed by atoms with Gasteiger partial charge in [0.25, 0.3) is 0 Å². The summed E-state index contributed by atoms with van der Waals surface area (Å²) in [6, 6.07) is 5.10. The van der Waals surface area contributed by atoms with E-state index >= 15 is 0 Å². The van der Waals surface area contributed by atoms with Gasteiger partial charge >= 0.3 is 6.03 Å². The van der Waals surface area contributed by atoms with Crippen molar-refractivity contribution in [2.24, 2.45) is 5.92 Å². The van der Waals surface area contributed by atoms with Crippen molar-refractivity contribution in [2.45, 2.75) is 12.8 Å². The molecule has 1 aliphatic heterocycles. The average Bonchev–Trinajstić information content (AvgIpc) is 3.30. The molecule has 0 atom stereocenters. The number of carbonyl (C=O) groups is 2. The summed E-state index contributed by atoms with van der Waals surface area (Å²) in [5.74, 6) is 0.711. The van der Waals surface area contributed by atoms with E-state index in [-0.39, 0.29) is 17.9 Å². The third-order valence-electron chi connectivity index (χ3n) is 4.72. The number of nitrogens with one attached hydrogen (secondary N) is 2. The van der Waals surface area contributed by atoms with Crippen LogP contribution in [-0.4, -0.2) is 54.7 Å². The van der Waals surface area contributed by atoms with Gasteiger partial charge in [0.15, 0.2) is 11.6 Å². The standard InChI is InChI=1S/C19H20N8O2/c28-18(25-16-13-20-8-9-21-16)14-4-11-26(12-5-14)19(29)24-15-3-1-6-22-17(15)27-10-2-7-23-27/h1-3,6-10,13-14H,4-5,11-12H2,(H,24,29)(H,21,25,28). The van der Waals surface area contributed by atoms with E-state index in [1.807, 2.05) is 0 Å². The van der Waals surface area contributed by atoms with E-state index in [1.165, 1.54) is 12.4 Å². The highest BCUT2D eigenvalue weighted by Gasteiger charge is 2.28. The van der Waals surface area contributed by atoms with Crippen LogP contribution in [0.15, 0.2) is 55.4 Å². The molecule has 10 heteroatoms. The Balaban J connectivity index is 1.34. The third kappa shape index (κ3) is 4.37. The first-order chi connectivity index (χ1) is 14.2. The molecule has 0 aromatic carbocycles. The Hall–Kier alpha value is -3.82. The van der Waals surface area contributed by atoms with E-state index in [9.17, 15) is 9.59 Å². The van der Waals surface area contributed by atoms with Gasteiger partial charge in [0.1, 0.15) is 0 Å². The van der Waals surface area contributed by atoms with Gasteiger partial charge in [-0.05, 0) is 31.0 Å². The number of urea groups is 1. The fourth-order valence-electron chi connectivity index (χ4n) is 3.20. The number of aromatic nitrogens is 5. The molecular weight excluding hydrogens is 372 g/mol. The number of anilines is 2. The molecule has 3 amide bonds. The van der Waals surface area contributed by atoms with Crippen molar-refractivity contribution < 1.29 is 9.59 Å². The van der Waals surface area contributed by atoms with Crippen LogP contribution in [0.25, 0.3) is 5.82 Å². The van der Waals surface area contributed by atoms with E-state index in [1.54, 1.807) is 52.6 Å². The number of likely N-dealkylation sites (tertiary alicyclic amines) is 1. The van der Waals surface area contributed by atoms with Crippen molar-refractivity contribution in [3.8, 4) is 5.82 Å². The number of rotatable bonds is 4. The average molecular weight is 392 g/mol. The first-order valence-corrected chi connectivity index (χ1v) is 9.28. The van der Waals surface area contributed by atoms with Gasteiger partial charge in [-0.25, -0.2) is 19.4 Å². The zero-order valence-corrected chi connectivity index (χ0v) is 15.6. The minimum Gasteiger partial charge on any atom is -0.324 e. The summed E-state index contributed by atoms with van der Waals surface area (Å²) in [7, 11) is 0. The van der Waals surface area contributed by atoms with Gasteiger partial charge < -0.3 is 15.5 Å². The molecule has 0 spiro atoms. The van der Waals surface area contributed by atoms with E-state index in [4.69, 9.17) is 0 Å². The second kappa shape index (κ2) is 8.46. The lowest BCUT2D eigenvalue weighted by Crippen LogP contribution is -2.43. The van der Waals surface area contributed by atoms with Crippen LogP contribution in [0.3, 0.4) is 0 Å². The van der Waals surface area contributed by atoms with Crippen molar-refractivity contribution in [3.63, 3.8) is 0 Å².